The smallest absolute Gasteiger partial charge is 0.261 e. The first-order chi connectivity index (χ1) is 11.1. The second-order valence-electron chi connectivity index (χ2n) is 6.20. The van der Waals surface area contributed by atoms with Gasteiger partial charge in [-0.15, -0.1) is 12.4 Å². The highest BCUT2D eigenvalue weighted by Crippen LogP contribution is 2.22. The zero-order valence-corrected chi connectivity index (χ0v) is 14.5. The van der Waals surface area contributed by atoms with E-state index in [0.717, 1.165) is 12.8 Å². The van der Waals surface area contributed by atoms with Crippen LogP contribution >= 0.6 is 12.4 Å². The van der Waals surface area contributed by atoms with E-state index in [0.29, 0.717) is 29.9 Å². The molecule has 0 radical (unpaired) electrons. The van der Waals surface area contributed by atoms with Gasteiger partial charge in [-0.2, -0.15) is 0 Å². The average molecular weight is 351 g/mol. The van der Waals surface area contributed by atoms with E-state index in [-0.39, 0.29) is 36.5 Å². The summed E-state index contributed by atoms with van der Waals surface area (Å²) in [5.41, 5.74) is 6.31. The molecule has 24 heavy (non-hydrogen) atoms. The minimum atomic E-state index is -0.182. The van der Waals surface area contributed by atoms with E-state index < -0.39 is 0 Å². The Kier molecular flexibility index (Phi) is 5.96. The molecule has 1 aliphatic rings. The van der Waals surface area contributed by atoms with E-state index >= 15 is 0 Å². The first kappa shape index (κ1) is 18.4. The molecule has 7 heteroatoms. The Bertz CT molecular complexity index is 777. The maximum atomic E-state index is 12.7. The maximum absolute atomic E-state index is 12.7. The van der Waals surface area contributed by atoms with Gasteiger partial charge in [0.25, 0.3) is 5.56 Å². The molecule has 1 aliphatic heterocycles. The lowest BCUT2D eigenvalue weighted by Gasteiger charge is -2.39. The minimum Gasteiger partial charge on any atom is -0.337 e. The number of piperidine rings is 1. The molecule has 2 unspecified atom stereocenters. The summed E-state index contributed by atoms with van der Waals surface area (Å²) in [6.45, 7) is 3.30. The number of carbonyl (C=O) groups is 1. The van der Waals surface area contributed by atoms with Crippen molar-refractivity contribution in [2.75, 3.05) is 13.1 Å². The Hall–Kier alpha value is -1.92. The number of aromatic nitrogens is 2. The van der Waals surface area contributed by atoms with E-state index in [1.807, 2.05) is 11.0 Å². The van der Waals surface area contributed by atoms with Gasteiger partial charge in [0, 0.05) is 19.1 Å². The molecule has 6 nitrogen and oxygen atoms in total. The Morgan fingerprint density at radius 1 is 1.38 bits per heavy atom. The van der Waals surface area contributed by atoms with Crippen LogP contribution in [0.4, 0.5) is 0 Å². The molecule has 130 valence electrons. The fourth-order valence-corrected chi connectivity index (χ4v) is 3.37. The zero-order chi connectivity index (χ0) is 16.4. The number of likely N-dealkylation sites (tertiary alicyclic amines) is 1. The number of para-hydroxylation sites is 1. The summed E-state index contributed by atoms with van der Waals surface area (Å²) in [5, 5.41) is 0.533. The highest BCUT2D eigenvalue weighted by Gasteiger charge is 2.30. The Balaban J connectivity index is 0.00000208. The van der Waals surface area contributed by atoms with Crippen molar-refractivity contribution in [3.63, 3.8) is 0 Å². The van der Waals surface area contributed by atoms with E-state index in [1.54, 1.807) is 18.2 Å². The van der Waals surface area contributed by atoms with Crippen molar-refractivity contribution in [2.45, 2.75) is 32.4 Å². The quantitative estimate of drug-likeness (QED) is 0.907. The topological polar surface area (TPSA) is 81.2 Å². The van der Waals surface area contributed by atoms with Crippen LogP contribution in [0.2, 0.25) is 0 Å². The van der Waals surface area contributed by atoms with Gasteiger partial charge < -0.3 is 10.6 Å². The maximum Gasteiger partial charge on any atom is 0.261 e. The van der Waals surface area contributed by atoms with Gasteiger partial charge >= 0.3 is 0 Å². The van der Waals surface area contributed by atoms with Crippen molar-refractivity contribution in [3.8, 4) is 0 Å². The summed E-state index contributed by atoms with van der Waals surface area (Å²) in [5.74, 6) is 0.329. The molecule has 2 atom stereocenters. The molecule has 1 saturated heterocycles. The largest absolute Gasteiger partial charge is 0.337 e. The van der Waals surface area contributed by atoms with Crippen molar-refractivity contribution in [2.24, 2.45) is 11.7 Å². The second kappa shape index (κ2) is 7.77. The molecular formula is C17H23ClN4O2. The summed E-state index contributed by atoms with van der Waals surface area (Å²) in [7, 11) is 0. The molecule has 2 heterocycles. The van der Waals surface area contributed by atoms with Crippen LogP contribution in [0.3, 0.4) is 0 Å². The highest BCUT2D eigenvalue weighted by atomic mass is 35.5. The molecule has 0 saturated carbocycles. The molecule has 0 spiro atoms. The molecule has 2 aromatic rings. The van der Waals surface area contributed by atoms with Crippen LogP contribution in [0.15, 0.2) is 35.4 Å². The summed E-state index contributed by atoms with van der Waals surface area (Å²) in [4.78, 5) is 31.2. The highest BCUT2D eigenvalue weighted by molar-refractivity contribution is 5.85. The van der Waals surface area contributed by atoms with Crippen LogP contribution in [-0.4, -0.2) is 39.5 Å². The minimum absolute atomic E-state index is 0. The lowest BCUT2D eigenvalue weighted by atomic mass is 9.91. The van der Waals surface area contributed by atoms with Gasteiger partial charge in [-0.05, 0) is 30.9 Å². The molecule has 3 rings (SSSR count). The van der Waals surface area contributed by atoms with E-state index in [4.69, 9.17) is 5.73 Å². The number of halogens is 1. The van der Waals surface area contributed by atoms with Crippen molar-refractivity contribution in [1.29, 1.82) is 0 Å². The molecule has 1 amide bonds. The predicted molar refractivity (Wildman–Crippen MR) is 96.2 cm³/mol. The third kappa shape index (κ3) is 3.44. The molecule has 0 bridgehead atoms. The monoisotopic (exact) mass is 350 g/mol. The summed E-state index contributed by atoms with van der Waals surface area (Å²) >= 11 is 0. The van der Waals surface area contributed by atoms with Gasteiger partial charge in [0.15, 0.2) is 0 Å². The Morgan fingerprint density at radius 3 is 2.88 bits per heavy atom. The number of nitrogens with two attached hydrogens (primary N) is 1. The molecular weight excluding hydrogens is 328 g/mol. The number of amides is 1. The summed E-state index contributed by atoms with van der Waals surface area (Å²) in [6, 6.07) is 7.22. The number of rotatable bonds is 3. The summed E-state index contributed by atoms with van der Waals surface area (Å²) < 4.78 is 1.39. The van der Waals surface area contributed by atoms with Gasteiger partial charge in [0.05, 0.1) is 17.2 Å². The van der Waals surface area contributed by atoms with Crippen LogP contribution in [0.1, 0.15) is 19.8 Å². The van der Waals surface area contributed by atoms with Crippen molar-refractivity contribution in [3.05, 3.63) is 40.9 Å². The predicted octanol–water partition coefficient (Wildman–Crippen LogP) is 1.40. The fraction of sp³-hybridized carbons (Fsp3) is 0.471. The van der Waals surface area contributed by atoms with Crippen molar-refractivity contribution in [1.82, 2.24) is 14.5 Å². The van der Waals surface area contributed by atoms with Gasteiger partial charge in [-0.1, -0.05) is 19.1 Å². The fourth-order valence-electron chi connectivity index (χ4n) is 3.37. The molecule has 1 aromatic heterocycles. The third-order valence-corrected chi connectivity index (χ3v) is 4.71. The Morgan fingerprint density at radius 2 is 2.12 bits per heavy atom. The SMILES string of the molecule is CC1CCCN(C(=O)Cn2cnc3ccccc3c2=O)C1CN.Cl. The molecule has 1 fully saturated rings. The van der Waals surface area contributed by atoms with Crippen molar-refractivity contribution >= 4 is 29.2 Å². The molecule has 1 aromatic carbocycles. The molecule has 2 N–H and O–H groups in total. The third-order valence-electron chi connectivity index (χ3n) is 4.71. The number of benzene rings is 1. The van der Waals surface area contributed by atoms with Crippen LogP contribution in [0, 0.1) is 5.92 Å². The average Bonchev–Trinajstić information content (AvgIpc) is 2.57. The zero-order valence-electron chi connectivity index (χ0n) is 13.7. The Labute approximate surface area is 147 Å². The van der Waals surface area contributed by atoms with Crippen LogP contribution < -0.4 is 11.3 Å². The second-order valence-corrected chi connectivity index (χ2v) is 6.20. The number of nitrogens with zero attached hydrogens (tertiary/aromatic N) is 3. The molecule has 0 aliphatic carbocycles. The number of hydrogen-bond donors (Lipinski definition) is 1. The lowest BCUT2D eigenvalue weighted by molar-refractivity contribution is -0.136. The van der Waals surface area contributed by atoms with Gasteiger partial charge in [0.2, 0.25) is 5.91 Å². The number of carbonyl (C=O) groups excluding carboxylic acids is 1. The lowest BCUT2D eigenvalue weighted by Crippen LogP contribution is -2.52. The van der Waals surface area contributed by atoms with E-state index in [2.05, 4.69) is 11.9 Å². The van der Waals surface area contributed by atoms with Gasteiger partial charge in [-0.3, -0.25) is 14.2 Å². The van der Waals surface area contributed by atoms with Gasteiger partial charge in [0.1, 0.15) is 6.54 Å². The van der Waals surface area contributed by atoms with Crippen LogP contribution in [0.25, 0.3) is 10.9 Å². The first-order valence-electron chi connectivity index (χ1n) is 8.05. The van der Waals surface area contributed by atoms with Crippen LogP contribution in [0.5, 0.6) is 0 Å². The first-order valence-corrected chi connectivity index (χ1v) is 8.05. The summed E-state index contributed by atoms with van der Waals surface area (Å²) in [6.07, 6.45) is 3.52. The van der Waals surface area contributed by atoms with Gasteiger partial charge in [-0.25, -0.2) is 4.98 Å². The van der Waals surface area contributed by atoms with E-state index in [1.165, 1.54) is 10.9 Å². The van der Waals surface area contributed by atoms with Crippen LogP contribution in [-0.2, 0) is 11.3 Å². The standard InChI is InChI=1S/C17H22N4O2.ClH/c1-12-5-4-8-21(15(12)9-18)16(22)10-20-11-19-14-7-3-2-6-13(14)17(20)23;/h2-3,6-7,11-12,15H,4-5,8-10,18H2,1H3;1H. The number of fused-ring (bicyclic) bond motifs is 1. The number of hydrogen-bond acceptors (Lipinski definition) is 4. The van der Waals surface area contributed by atoms with Crippen molar-refractivity contribution < 1.29 is 4.79 Å². The van der Waals surface area contributed by atoms with E-state index in [9.17, 15) is 9.59 Å². The normalized spacial score (nSPS) is 20.7.